The molecule has 0 aliphatic carbocycles. The van der Waals surface area contributed by atoms with Crippen molar-refractivity contribution in [2.24, 2.45) is 5.73 Å². The molecule has 0 fully saturated rings. The fourth-order valence-corrected chi connectivity index (χ4v) is 1.58. The Morgan fingerprint density at radius 3 is 2.86 bits per heavy atom. The standard InChI is InChI=1S/C11H16ClNO/c1-2-3-4-10(13)9-7-8(12)5-6-11(9)14/h5-7,10,14H,2-4,13H2,1H3. The number of halogens is 1. The van der Waals surface area contributed by atoms with E-state index in [-0.39, 0.29) is 11.8 Å². The van der Waals surface area contributed by atoms with E-state index in [1.54, 1.807) is 18.2 Å². The van der Waals surface area contributed by atoms with Crippen molar-refractivity contribution >= 4 is 11.6 Å². The maximum absolute atomic E-state index is 9.57. The second-order valence-electron chi connectivity index (χ2n) is 3.45. The molecule has 1 atom stereocenters. The number of aromatic hydroxyl groups is 1. The van der Waals surface area contributed by atoms with Crippen LogP contribution in [0.5, 0.6) is 5.75 Å². The lowest BCUT2D eigenvalue weighted by Crippen LogP contribution is -2.10. The SMILES string of the molecule is CCCCC(N)c1cc(Cl)ccc1O. The first-order valence-electron chi connectivity index (χ1n) is 4.89. The summed E-state index contributed by atoms with van der Waals surface area (Å²) < 4.78 is 0. The van der Waals surface area contributed by atoms with Crippen LogP contribution < -0.4 is 5.73 Å². The highest BCUT2D eigenvalue weighted by Crippen LogP contribution is 2.28. The average molecular weight is 214 g/mol. The van der Waals surface area contributed by atoms with Gasteiger partial charge in [-0.25, -0.2) is 0 Å². The van der Waals surface area contributed by atoms with E-state index in [1.165, 1.54) is 0 Å². The second-order valence-corrected chi connectivity index (χ2v) is 3.89. The highest BCUT2D eigenvalue weighted by atomic mass is 35.5. The highest BCUT2D eigenvalue weighted by Gasteiger charge is 2.10. The predicted molar refractivity (Wildman–Crippen MR) is 59.6 cm³/mol. The summed E-state index contributed by atoms with van der Waals surface area (Å²) >= 11 is 5.83. The van der Waals surface area contributed by atoms with Gasteiger partial charge in [0.05, 0.1) is 0 Å². The van der Waals surface area contributed by atoms with Gasteiger partial charge in [0.15, 0.2) is 0 Å². The molecule has 2 nitrogen and oxygen atoms in total. The molecule has 0 saturated carbocycles. The van der Waals surface area contributed by atoms with Crippen LogP contribution in [0, 0.1) is 0 Å². The molecule has 14 heavy (non-hydrogen) atoms. The van der Waals surface area contributed by atoms with Gasteiger partial charge in [0.25, 0.3) is 0 Å². The van der Waals surface area contributed by atoms with E-state index in [0.29, 0.717) is 5.02 Å². The van der Waals surface area contributed by atoms with Crippen LogP contribution in [-0.2, 0) is 0 Å². The van der Waals surface area contributed by atoms with Crippen LogP contribution in [-0.4, -0.2) is 5.11 Å². The van der Waals surface area contributed by atoms with Gasteiger partial charge < -0.3 is 10.8 Å². The maximum atomic E-state index is 9.57. The zero-order chi connectivity index (χ0) is 10.6. The molecule has 3 heteroatoms. The molecule has 0 spiro atoms. The third-order valence-electron chi connectivity index (χ3n) is 2.26. The fraction of sp³-hybridized carbons (Fsp3) is 0.455. The molecule has 0 aliphatic heterocycles. The topological polar surface area (TPSA) is 46.2 Å². The minimum absolute atomic E-state index is 0.117. The van der Waals surface area contributed by atoms with Gasteiger partial charge in [-0.3, -0.25) is 0 Å². The smallest absolute Gasteiger partial charge is 0.120 e. The molecule has 3 N–H and O–H groups in total. The first-order chi connectivity index (χ1) is 6.65. The van der Waals surface area contributed by atoms with E-state index in [1.807, 2.05) is 0 Å². The molecule has 1 aromatic carbocycles. The minimum atomic E-state index is -0.117. The molecule has 0 aromatic heterocycles. The normalized spacial score (nSPS) is 12.8. The van der Waals surface area contributed by atoms with Crippen LogP contribution in [0.4, 0.5) is 0 Å². The van der Waals surface area contributed by atoms with E-state index >= 15 is 0 Å². The first kappa shape index (κ1) is 11.3. The van der Waals surface area contributed by atoms with Gasteiger partial charge in [-0.05, 0) is 24.6 Å². The monoisotopic (exact) mass is 213 g/mol. The molecular weight excluding hydrogens is 198 g/mol. The lowest BCUT2D eigenvalue weighted by Gasteiger charge is -2.13. The number of unbranched alkanes of at least 4 members (excludes halogenated alkanes) is 1. The van der Waals surface area contributed by atoms with Crippen LogP contribution in [0.2, 0.25) is 5.02 Å². The Kier molecular flexibility index (Phi) is 4.23. The summed E-state index contributed by atoms with van der Waals surface area (Å²) in [6, 6.07) is 4.86. The van der Waals surface area contributed by atoms with Crippen molar-refractivity contribution in [1.82, 2.24) is 0 Å². The molecule has 0 radical (unpaired) electrons. The zero-order valence-corrected chi connectivity index (χ0v) is 9.09. The van der Waals surface area contributed by atoms with E-state index in [9.17, 15) is 5.11 Å². The fourth-order valence-electron chi connectivity index (χ4n) is 1.40. The van der Waals surface area contributed by atoms with E-state index in [2.05, 4.69) is 6.92 Å². The molecule has 0 heterocycles. The lowest BCUT2D eigenvalue weighted by molar-refractivity contribution is 0.456. The van der Waals surface area contributed by atoms with Crippen LogP contribution in [0.15, 0.2) is 18.2 Å². The van der Waals surface area contributed by atoms with Gasteiger partial charge in [0.2, 0.25) is 0 Å². The number of benzene rings is 1. The van der Waals surface area contributed by atoms with Gasteiger partial charge in [-0.2, -0.15) is 0 Å². The number of rotatable bonds is 4. The molecule has 1 rings (SSSR count). The summed E-state index contributed by atoms with van der Waals surface area (Å²) in [6.07, 6.45) is 3.05. The largest absolute Gasteiger partial charge is 0.508 e. The quantitative estimate of drug-likeness (QED) is 0.807. The Labute approximate surface area is 89.7 Å². The number of phenols is 1. The van der Waals surface area contributed by atoms with E-state index in [4.69, 9.17) is 17.3 Å². The van der Waals surface area contributed by atoms with Gasteiger partial charge in [0, 0.05) is 16.6 Å². The van der Waals surface area contributed by atoms with Crippen LogP contribution >= 0.6 is 11.6 Å². The molecule has 1 unspecified atom stereocenters. The van der Waals surface area contributed by atoms with Crippen LogP contribution in [0.1, 0.15) is 37.8 Å². The molecule has 0 bridgehead atoms. The van der Waals surface area contributed by atoms with Crippen molar-refractivity contribution in [2.45, 2.75) is 32.2 Å². The Morgan fingerprint density at radius 2 is 2.21 bits per heavy atom. The Hall–Kier alpha value is -0.730. The van der Waals surface area contributed by atoms with Crippen molar-refractivity contribution in [1.29, 1.82) is 0 Å². The van der Waals surface area contributed by atoms with Gasteiger partial charge >= 0.3 is 0 Å². The number of phenolic OH excluding ortho intramolecular Hbond substituents is 1. The van der Waals surface area contributed by atoms with Gasteiger partial charge in [-0.1, -0.05) is 31.4 Å². The van der Waals surface area contributed by atoms with E-state index in [0.717, 1.165) is 24.8 Å². The zero-order valence-electron chi connectivity index (χ0n) is 8.33. The second kappa shape index (κ2) is 5.23. The Morgan fingerprint density at radius 1 is 1.50 bits per heavy atom. The van der Waals surface area contributed by atoms with Crippen molar-refractivity contribution in [3.8, 4) is 5.75 Å². The van der Waals surface area contributed by atoms with Crippen molar-refractivity contribution in [3.05, 3.63) is 28.8 Å². The molecule has 1 aromatic rings. The van der Waals surface area contributed by atoms with Crippen molar-refractivity contribution in [2.75, 3.05) is 0 Å². The summed E-state index contributed by atoms with van der Waals surface area (Å²) in [6.45, 7) is 2.12. The van der Waals surface area contributed by atoms with Crippen molar-refractivity contribution in [3.63, 3.8) is 0 Å². The third kappa shape index (κ3) is 2.89. The molecule has 0 amide bonds. The molecular formula is C11H16ClNO. The first-order valence-corrected chi connectivity index (χ1v) is 5.27. The predicted octanol–water partition coefficient (Wildman–Crippen LogP) is 3.24. The summed E-state index contributed by atoms with van der Waals surface area (Å²) in [7, 11) is 0. The molecule has 0 saturated heterocycles. The highest BCUT2D eigenvalue weighted by molar-refractivity contribution is 6.30. The molecule has 0 aliphatic rings. The average Bonchev–Trinajstić information content (AvgIpc) is 2.18. The summed E-state index contributed by atoms with van der Waals surface area (Å²) in [5, 5.41) is 10.2. The summed E-state index contributed by atoms with van der Waals surface area (Å²) in [5.74, 6) is 0.234. The number of hydrogen-bond acceptors (Lipinski definition) is 2. The van der Waals surface area contributed by atoms with Gasteiger partial charge in [0.1, 0.15) is 5.75 Å². The van der Waals surface area contributed by atoms with Crippen molar-refractivity contribution < 1.29 is 5.11 Å². The number of hydrogen-bond donors (Lipinski definition) is 2. The summed E-state index contributed by atoms with van der Waals surface area (Å²) in [5.41, 5.74) is 6.67. The maximum Gasteiger partial charge on any atom is 0.120 e. The summed E-state index contributed by atoms with van der Waals surface area (Å²) in [4.78, 5) is 0. The third-order valence-corrected chi connectivity index (χ3v) is 2.49. The van der Waals surface area contributed by atoms with E-state index < -0.39 is 0 Å². The van der Waals surface area contributed by atoms with Crippen LogP contribution in [0.3, 0.4) is 0 Å². The Bertz CT molecular complexity index is 301. The number of nitrogens with two attached hydrogens (primary N) is 1. The minimum Gasteiger partial charge on any atom is -0.508 e. The van der Waals surface area contributed by atoms with Gasteiger partial charge in [-0.15, -0.1) is 0 Å². The molecule has 78 valence electrons. The lowest BCUT2D eigenvalue weighted by atomic mass is 10.0. The Balaban J connectivity index is 2.77. The van der Waals surface area contributed by atoms with Crippen LogP contribution in [0.25, 0.3) is 0 Å².